The molecule has 0 aliphatic carbocycles. The highest BCUT2D eigenvalue weighted by molar-refractivity contribution is 7.22. The van der Waals surface area contributed by atoms with E-state index in [0.29, 0.717) is 27.6 Å². The van der Waals surface area contributed by atoms with Crippen molar-refractivity contribution in [1.29, 1.82) is 0 Å². The smallest absolute Gasteiger partial charge is 0.301 e. The molecule has 7 nitrogen and oxygen atoms in total. The average Bonchev–Trinajstić information content (AvgIpc) is 3.41. The first-order valence-corrected chi connectivity index (χ1v) is 13.5. The van der Waals surface area contributed by atoms with Crippen LogP contribution in [0.3, 0.4) is 0 Å². The number of phenols is 1. The molecule has 5 rings (SSSR count). The van der Waals surface area contributed by atoms with E-state index in [4.69, 9.17) is 9.72 Å². The molecule has 8 heteroatoms. The maximum absolute atomic E-state index is 13.6. The predicted octanol–water partition coefficient (Wildman–Crippen LogP) is 6.69. The number of aryl methyl sites for hydroxylation is 3. The van der Waals surface area contributed by atoms with Gasteiger partial charge in [0.1, 0.15) is 17.3 Å². The highest BCUT2D eigenvalue weighted by Crippen LogP contribution is 2.45. The van der Waals surface area contributed by atoms with E-state index in [1.807, 2.05) is 58.9 Å². The summed E-state index contributed by atoms with van der Waals surface area (Å²) >= 11 is 1.32. The molecule has 1 aromatic heterocycles. The van der Waals surface area contributed by atoms with Gasteiger partial charge >= 0.3 is 5.91 Å². The number of thiazole rings is 1. The van der Waals surface area contributed by atoms with Crippen molar-refractivity contribution in [2.75, 3.05) is 12.0 Å². The zero-order valence-electron chi connectivity index (χ0n) is 22.7. The maximum Gasteiger partial charge on any atom is 0.301 e. The number of phenolic OH excluding ortho intramolecular Hbond substituents is 1. The minimum atomic E-state index is -0.933. The predicted molar refractivity (Wildman–Crippen MR) is 154 cm³/mol. The Labute approximate surface area is 231 Å². The van der Waals surface area contributed by atoms with Crippen LogP contribution in [0.15, 0.2) is 54.1 Å². The highest BCUT2D eigenvalue weighted by Gasteiger charge is 2.48. The number of aliphatic hydroxyl groups is 1. The number of ketones is 1. The Morgan fingerprint density at radius 2 is 1.67 bits per heavy atom. The number of aliphatic hydroxyl groups excluding tert-OH is 1. The SMILES string of the molecule is COc1cc(C)c(/C(O)=C2\C(=O)C(=O)N(c3nc4cc(C)c(C)cc4s3)C2c2ccc(O)cc2)cc1C(C)C. The van der Waals surface area contributed by atoms with Crippen molar-refractivity contribution in [3.05, 3.63) is 87.5 Å². The Balaban J connectivity index is 1.75. The molecule has 1 aliphatic rings. The van der Waals surface area contributed by atoms with Crippen LogP contribution in [-0.4, -0.2) is 34.0 Å². The summed E-state index contributed by atoms with van der Waals surface area (Å²) in [6.07, 6.45) is 0. The van der Waals surface area contributed by atoms with Crippen LogP contribution in [-0.2, 0) is 9.59 Å². The Morgan fingerprint density at radius 1 is 1.00 bits per heavy atom. The lowest BCUT2D eigenvalue weighted by molar-refractivity contribution is -0.132. The van der Waals surface area contributed by atoms with E-state index in [-0.39, 0.29) is 23.0 Å². The Hall–Kier alpha value is -4.17. The molecule has 0 bridgehead atoms. The molecule has 4 aromatic rings. The normalized spacial score (nSPS) is 17.0. The number of hydrogen-bond acceptors (Lipinski definition) is 7. The molecule has 1 aliphatic heterocycles. The van der Waals surface area contributed by atoms with Crippen LogP contribution in [0, 0.1) is 20.8 Å². The Bertz CT molecular complexity index is 1630. The number of anilines is 1. The van der Waals surface area contributed by atoms with E-state index in [2.05, 4.69) is 0 Å². The van der Waals surface area contributed by atoms with Gasteiger partial charge in [0.05, 0.1) is 28.9 Å². The van der Waals surface area contributed by atoms with Crippen molar-refractivity contribution in [3.63, 3.8) is 0 Å². The molecule has 3 aromatic carbocycles. The zero-order valence-corrected chi connectivity index (χ0v) is 23.5. The number of Topliss-reactive ketones (excluding diaryl/α,β-unsaturated/α-hetero) is 1. The molecule has 1 saturated heterocycles. The van der Waals surface area contributed by atoms with E-state index in [1.165, 1.54) is 28.4 Å². The minimum Gasteiger partial charge on any atom is -0.508 e. The number of ether oxygens (including phenoxy) is 1. The van der Waals surface area contributed by atoms with Crippen LogP contribution < -0.4 is 9.64 Å². The molecule has 0 saturated carbocycles. The number of carbonyl (C=O) groups excluding carboxylic acids is 2. The van der Waals surface area contributed by atoms with Gasteiger partial charge in [-0.05, 0) is 90.9 Å². The van der Waals surface area contributed by atoms with Crippen molar-refractivity contribution in [3.8, 4) is 11.5 Å². The van der Waals surface area contributed by atoms with Gasteiger partial charge in [0.15, 0.2) is 5.13 Å². The third-order valence-electron chi connectivity index (χ3n) is 7.31. The lowest BCUT2D eigenvalue weighted by Gasteiger charge is -2.23. The summed E-state index contributed by atoms with van der Waals surface area (Å²) in [6.45, 7) is 9.87. The largest absolute Gasteiger partial charge is 0.508 e. The number of rotatable bonds is 5. The van der Waals surface area contributed by atoms with E-state index in [9.17, 15) is 19.8 Å². The molecule has 1 atom stereocenters. The molecule has 0 radical (unpaired) electrons. The number of aromatic hydroxyl groups is 1. The molecule has 1 fully saturated rings. The van der Waals surface area contributed by atoms with Gasteiger partial charge in [-0.3, -0.25) is 14.5 Å². The van der Waals surface area contributed by atoms with Crippen LogP contribution in [0.2, 0.25) is 0 Å². The number of carbonyl (C=O) groups is 2. The van der Waals surface area contributed by atoms with Crippen molar-refractivity contribution >= 4 is 44.1 Å². The summed E-state index contributed by atoms with van der Waals surface area (Å²) in [6, 6.07) is 13.0. The van der Waals surface area contributed by atoms with Crippen LogP contribution >= 0.6 is 11.3 Å². The van der Waals surface area contributed by atoms with Gasteiger partial charge in [-0.2, -0.15) is 0 Å². The second-order valence-electron chi connectivity index (χ2n) is 10.2. The van der Waals surface area contributed by atoms with E-state index >= 15 is 0 Å². The lowest BCUT2D eigenvalue weighted by Crippen LogP contribution is -2.29. The van der Waals surface area contributed by atoms with Crippen molar-refractivity contribution in [1.82, 2.24) is 4.98 Å². The summed E-state index contributed by atoms with van der Waals surface area (Å²) in [4.78, 5) is 33.3. The average molecular weight is 543 g/mol. The summed E-state index contributed by atoms with van der Waals surface area (Å²) in [5.41, 5.74) is 5.48. The van der Waals surface area contributed by atoms with Crippen LogP contribution in [0.25, 0.3) is 16.0 Å². The Kier molecular flexibility index (Phi) is 6.68. The molecule has 0 spiro atoms. The number of nitrogens with zero attached hydrogens (tertiary/aromatic N) is 2. The summed E-state index contributed by atoms with van der Waals surface area (Å²) in [7, 11) is 1.59. The van der Waals surface area contributed by atoms with Gasteiger partial charge in [0, 0.05) is 5.56 Å². The molecule has 200 valence electrons. The van der Waals surface area contributed by atoms with Gasteiger partial charge in [0.25, 0.3) is 5.78 Å². The van der Waals surface area contributed by atoms with Gasteiger partial charge in [0.2, 0.25) is 0 Å². The standard InChI is InChI=1S/C31H30N2O5S/c1-15(2)21-14-22(18(5)12-24(21)38-6)28(35)26-27(19-7-9-20(34)10-8-19)33(30(37)29(26)36)31-32-23-11-16(3)17(4)13-25(23)39-31/h7-15,27,34-35H,1-6H3/b28-26+. The second-order valence-corrected chi connectivity index (χ2v) is 11.2. The number of benzene rings is 3. The van der Waals surface area contributed by atoms with Crippen LogP contribution in [0.4, 0.5) is 5.13 Å². The fourth-order valence-corrected chi connectivity index (χ4v) is 6.07. The second kappa shape index (κ2) is 9.85. The topological polar surface area (TPSA) is 100.0 Å². The summed E-state index contributed by atoms with van der Waals surface area (Å²) < 4.78 is 6.45. The van der Waals surface area contributed by atoms with E-state index in [1.54, 1.807) is 19.2 Å². The molecule has 2 N–H and O–H groups in total. The molecule has 2 heterocycles. The quantitative estimate of drug-likeness (QED) is 0.166. The fraction of sp³-hybridized carbons (Fsp3) is 0.258. The molecular formula is C31H30N2O5S. The number of aromatic nitrogens is 1. The third-order valence-corrected chi connectivity index (χ3v) is 8.32. The molecule has 39 heavy (non-hydrogen) atoms. The number of methoxy groups -OCH3 is 1. The fourth-order valence-electron chi connectivity index (χ4n) is 5.00. The van der Waals surface area contributed by atoms with Crippen molar-refractivity contribution in [2.45, 2.75) is 46.6 Å². The zero-order chi connectivity index (χ0) is 28.2. The van der Waals surface area contributed by atoms with E-state index in [0.717, 1.165) is 26.9 Å². The lowest BCUT2D eigenvalue weighted by atomic mass is 9.91. The summed E-state index contributed by atoms with van der Waals surface area (Å²) in [5, 5.41) is 22.0. The first-order valence-electron chi connectivity index (χ1n) is 12.7. The van der Waals surface area contributed by atoms with Gasteiger partial charge in [-0.1, -0.05) is 37.3 Å². The van der Waals surface area contributed by atoms with Gasteiger partial charge in [-0.25, -0.2) is 4.98 Å². The molecule has 1 unspecified atom stereocenters. The summed E-state index contributed by atoms with van der Waals surface area (Å²) in [5.74, 6) is -0.986. The first kappa shape index (κ1) is 26.4. The van der Waals surface area contributed by atoms with Gasteiger partial charge in [-0.15, -0.1) is 0 Å². The Morgan fingerprint density at radius 3 is 2.31 bits per heavy atom. The first-order chi connectivity index (χ1) is 18.5. The highest BCUT2D eigenvalue weighted by atomic mass is 32.1. The third kappa shape index (κ3) is 4.44. The number of fused-ring (bicyclic) bond motifs is 1. The monoisotopic (exact) mass is 542 g/mol. The van der Waals surface area contributed by atoms with Crippen LogP contribution in [0.1, 0.15) is 59.2 Å². The van der Waals surface area contributed by atoms with Crippen molar-refractivity contribution < 1.29 is 24.5 Å². The minimum absolute atomic E-state index is 0.0275. The van der Waals surface area contributed by atoms with Gasteiger partial charge < -0.3 is 14.9 Å². The van der Waals surface area contributed by atoms with Crippen molar-refractivity contribution in [2.24, 2.45) is 0 Å². The molecular weight excluding hydrogens is 512 g/mol. The number of amides is 1. The van der Waals surface area contributed by atoms with E-state index < -0.39 is 17.7 Å². The maximum atomic E-state index is 13.6. The molecule has 1 amide bonds. The van der Waals surface area contributed by atoms with Crippen LogP contribution in [0.5, 0.6) is 11.5 Å². The number of hydrogen-bond donors (Lipinski definition) is 2.